The monoisotopic (exact) mass is 392 g/mol. The molecule has 0 bridgehead atoms. The Morgan fingerprint density at radius 1 is 1.11 bits per heavy atom. The molecule has 6 heteroatoms. The van der Waals surface area contributed by atoms with Crippen molar-refractivity contribution >= 4 is 39.0 Å². The van der Waals surface area contributed by atoms with Gasteiger partial charge in [0.05, 0.1) is 27.9 Å². The molecular formula is C22H20N2O3S. The van der Waals surface area contributed by atoms with E-state index in [0.29, 0.717) is 11.3 Å². The zero-order chi connectivity index (χ0) is 19.9. The number of carbonyl (C=O) groups is 2. The molecule has 0 N–H and O–H groups in total. The van der Waals surface area contributed by atoms with Crippen LogP contribution >= 0.6 is 11.3 Å². The van der Waals surface area contributed by atoms with Crippen molar-refractivity contribution in [1.82, 2.24) is 9.88 Å². The molecule has 2 aromatic carbocycles. The number of rotatable bonds is 4. The molecule has 2 heterocycles. The van der Waals surface area contributed by atoms with Gasteiger partial charge in [0.25, 0.3) is 5.91 Å². The van der Waals surface area contributed by atoms with Gasteiger partial charge in [-0.2, -0.15) is 0 Å². The molecule has 0 spiro atoms. The fourth-order valence-corrected chi connectivity index (χ4v) is 4.47. The van der Waals surface area contributed by atoms with E-state index < -0.39 is 11.5 Å². The first-order valence-electron chi connectivity index (χ1n) is 9.03. The normalized spacial score (nSPS) is 14.8. The molecule has 4 rings (SSSR count). The Morgan fingerprint density at radius 3 is 2.46 bits per heavy atom. The summed E-state index contributed by atoms with van der Waals surface area (Å²) in [6, 6.07) is 17.2. The van der Waals surface area contributed by atoms with Gasteiger partial charge in [0.2, 0.25) is 0 Å². The van der Waals surface area contributed by atoms with Crippen LogP contribution in [0.3, 0.4) is 0 Å². The van der Waals surface area contributed by atoms with Gasteiger partial charge in [-0.1, -0.05) is 42.5 Å². The summed E-state index contributed by atoms with van der Waals surface area (Å²) in [7, 11) is 0. The first kappa shape index (κ1) is 18.4. The van der Waals surface area contributed by atoms with Gasteiger partial charge in [-0.15, -0.1) is 11.3 Å². The van der Waals surface area contributed by atoms with Crippen molar-refractivity contribution in [2.45, 2.75) is 26.3 Å². The molecule has 0 unspecified atom stereocenters. The molecule has 0 fully saturated rings. The van der Waals surface area contributed by atoms with E-state index in [-0.39, 0.29) is 12.5 Å². The van der Waals surface area contributed by atoms with Crippen LogP contribution in [0.4, 0.5) is 0 Å². The summed E-state index contributed by atoms with van der Waals surface area (Å²) >= 11 is 1.57. The van der Waals surface area contributed by atoms with E-state index in [1.807, 2.05) is 68.4 Å². The molecule has 0 saturated heterocycles. The van der Waals surface area contributed by atoms with E-state index >= 15 is 0 Å². The summed E-state index contributed by atoms with van der Waals surface area (Å²) in [5.74, 6) is -0.208. The van der Waals surface area contributed by atoms with Crippen molar-refractivity contribution in [3.05, 3.63) is 70.9 Å². The minimum atomic E-state index is -0.650. The molecule has 0 radical (unpaired) electrons. The Labute approximate surface area is 167 Å². The van der Waals surface area contributed by atoms with Gasteiger partial charge in [0.15, 0.2) is 0 Å². The van der Waals surface area contributed by atoms with Crippen LogP contribution in [0.1, 0.15) is 31.3 Å². The maximum absolute atomic E-state index is 13.4. The van der Waals surface area contributed by atoms with Crippen LogP contribution in [-0.4, -0.2) is 28.3 Å². The number of aromatic nitrogens is 1. The van der Waals surface area contributed by atoms with Crippen molar-refractivity contribution in [1.29, 1.82) is 0 Å². The van der Waals surface area contributed by atoms with Gasteiger partial charge in [-0.05, 0) is 31.5 Å². The van der Waals surface area contributed by atoms with Crippen molar-refractivity contribution in [2.24, 2.45) is 0 Å². The number of carbonyl (C=O) groups excluding carboxylic acids is 2. The van der Waals surface area contributed by atoms with Crippen LogP contribution < -0.4 is 0 Å². The van der Waals surface area contributed by atoms with Crippen molar-refractivity contribution in [3.63, 3.8) is 0 Å². The highest BCUT2D eigenvalue weighted by atomic mass is 32.1. The van der Waals surface area contributed by atoms with Crippen LogP contribution in [0, 0.1) is 0 Å². The molecule has 1 amide bonds. The molecule has 0 saturated carbocycles. The van der Waals surface area contributed by atoms with Crippen molar-refractivity contribution in [2.75, 3.05) is 6.54 Å². The lowest BCUT2D eigenvalue weighted by Crippen LogP contribution is -2.43. The summed E-state index contributed by atoms with van der Waals surface area (Å²) < 4.78 is 6.51. The third-order valence-corrected chi connectivity index (χ3v) is 6.21. The first-order valence-corrected chi connectivity index (χ1v) is 9.84. The number of esters is 1. The third kappa shape index (κ3) is 3.10. The van der Waals surface area contributed by atoms with Crippen molar-refractivity contribution < 1.29 is 14.3 Å². The lowest BCUT2D eigenvalue weighted by molar-refractivity contribution is -0.137. The molecule has 142 valence electrons. The first-order chi connectivity index (χ1) is 13.4. The highest BCUT2D eigenvalue weighted by molar-refractivity contribution is 7.18. The van der Waals surface area contributed by atoms with E-state index in [0.717, 1.165) is 20.8 Å². The summed E-state index contributed by atoms with van der Waals surface area (Å²) in [6.07, 6.45) is 0. The van der Waals surface area contributed by atoms with Gasteiger partial charge in [-0.25, -0.2) is 4.98 Å². The van der Waals surface area contributed by atoms with E-state index in [1.54, 1.807) is 16.2 Å². The number of para-hydroxylation sites is 1. The van der Waals surface area contributed by atoms with Gasteiger partial charge >= 0.3 is 5.97 Å². The number of benzene rings is 2. The molecule has 0 atom stereocenters. The molecule has 1 aromatic heterocycles. The maximum Gasteiger partial charge on any atom is 0.307 e. The van der Waals surface area contributed by atoms with Crippen LogP contribution in [0.5, 0.6) is 0 Å². The summed E-state index contributed by atoms with van der Waals surface area (Å²) in [5.41, 5.74) is 1.44. The molecule has 1 aliphatic rings. The largest absolute Gasteiger partial charge is 0.428 e. The number of nitrogens with zero attached hydrogens (tertiary/aromatic N) is 2. The number of hydrogen-bond acceptors (Lipinski definition) is 5. The molecular weight excluding hydrogens is 372 g/mol. The lowest BCUT2D eigenvalue weighted by atomic mass is 10.0. The quantitative estimate of drug-likeness (QED) is 0.620. The Hall–Kier alpha value is -2.99. The van der Waals surface area contributed by atoms with Gasteiger partial charge < -0.3 is 9.64 Å². The maximum atomic E-state index is 13.4. The molecule has 1 aliphatic heterocycles. The zero-order valence-corrected chi connectivity index (χ0v) is 16.7. The van der Waals surface area contributed by atoms with Crippen LogP contribution in [-0.2, 0) is 19.9 Å². The number of amides is 1. The zero-order valence-electron chi connectivity index (χ0n) is 15.9. The molecule has 0 aliphatic carbocycles. The van der Waals surface area contributed by atoms with Crippen LogP contribution in [0.25, 0.3) is 15.8 Å². The predicted molar refractivity (Wildman–Crippen MR) is 109 cm³/mol. The van der Waals surface area contributed by atoms with E-state index in [2.05, 4.69) is 0 Å². The van der Waals surface area contributed by atoms with Crippen LogP contribution in [0.15, 0.2) is 60.4 Å². The second kappa shape index (κ2) is 6.87. The minimum absolute atomic E-state index is 0.160. The summed E-state index contributed by atoms with van der Waals surface area (Å²) in [6.45, 7) is 5.52. The number of hydrogen-bond donors (Lipinski definition) is 0. The fourth-order valence-electron chi connectivity index (χ4n) is 3.40. The lowest BCUT2D eigenvalue weighted by Gasteiger charge is -2.34. The number of thiazole rings is 1. The fraction of sp³-hybridized carbons (Fsp3) is 0.227. The highest BCUT2D eigenvalue weighted by Crippen LogP contribution is 2.40. The Balaban J connectivity index is 1.75. The highest BCUT2D eigenvalue weighted by Gasteiger charge is 2.43. The van der Waals surface area contributed by atoms with Gasteiger partial charge in [-0.3, -0.25) is 9.59 Å². The topological polar surface area (TPSA) is 59.5 Å². The average molecular weight is 392 g/mol. The Morgan fingerprint density at radius 2 is 1.79 bits per heavy atom. The molecule has 5 nitrogen and oxygen atoms in total. The summed E-state index contributed by atoms with van der Waals surface area (Å²) in [5, 5.41) is 0.846. The van der Waals surface area contributed by atoms with Crippen molar-refractivity contribution in [3.8, 4) is 0 Å². The standard InChI is InChI=1S/C22H20N2O3S/c1-14(25)27-17-13-24(20(26)19(17)15-9-5-4-6-10-15)22(2,3)21-23-16-11-7-8-12-18(16)28-21/h4-12H,13H2,1-3H3. The Kier molecular flexibility index (Phi) is 4.51. The van der Waals surface area contributed by atoms with Crippen LogP contribution in [0.2, 0.25) is 0 Å². The van der Waals surface area contributed by atoms with E-state index in [1.165, 1.54) is 6.92 Å². The Bertz CT molecular complexity index is 1070. The third-order valence-electron chi connectivity index (χ3n) is 4.86. The van der Waals surface area contributed by atoms with Gasteiger partial charge in [0.1, 0.15) is 10.8 Å². The predicted octanol–water partition coefficient (Wildman–Crippen LogP) is 4.35. The minimum Gasteiger partial charge on any atom is -0.428 e. The molecule has 3 aromatic rings. The van der Waals surface area contributed by atoms with E-state index in [9.17, 15) is 9.59 Å². The SMILES string of the molecule is CC(=O)OC1=C(c2ccccc2)C(=O)N(C(C)(C)c2nc3ccccc3s2)C1. The number of fused-ring (bicyclic) bond motifs is 1. The summed E-state index contributed by atoms with van der Waals surface area (Å²) in [4.78, 5) is 31.5. The van der Waals surface area contributed by atoms with Gasteiger partial charge in [0, 0.05) is 6.92 Å². The second-order valence-electron chi connectivity index (χ2n) is 7.19. The second-order valence-corrected chi connectivity index (χ2v) is 8.23. The average Bonchev–Trinajstić information content (AvgIpc) is 3.24. The number of ether oxygens (including phenoxy) is 1. The molecule has 28 heavy (non-hydrogen) atoms. The smallest absolute Gasteiger partial charge is 0.307 e. The van der Waals surface area contributed by atoms with E-state index in [4.69, 9.17) is 9.72 Å².